The summed E-state index contributed by atoms with van der Waals surface area (Å²) in [7, 11) is 0. The van der Waals surface area contributed by atoms with E-state index in [1.165, 1.54) is 12.1 Å². The van der Waals surface area contributed by atoms with Crippen molar-refractivity contribution in [2.75, 3.05) is 6.54 Å². The van der Waals surface area contributed by atoms with E-state index in [0.717, 1.165) is 29.4 Å². The Morgan fingerprint density at radius 2 is 2.29 bits per heavy atom. The highest BCUT2D eigenvalue weighted by Crippen LogP contribution is 2.22. The predicted molar refractivity (Wildman–Crippen MR) is 71.9 cm³/mol. The van der Waals surface area contributed by atoms with E-state index in [9.17, 15) is 10.1 Å². The Morgan fingerprint density at radius 1 is 1.53 bits per heavy atom. The topological polar surface area (TPSA) is 55.2 Å². The molecule has 0 fully saturated rings. The van der Waals surface area contributed by atoms with Gasteiger partial charge in [0.25, 0.3) is 5.69 Å². The van der Waals surface area contributed by atoms with Crippen LogP contribution in [0.25, 0.3) is 0 Å². The predicted octanol–water partition coefficient (Wildman–Crippen LogP) is 3.41. The summed E-state index contributed by atoms with van der Waals surface area (Å²) >= 11 is 3.34. The van der Waals surface area contributed by atoms with Crippen LogP contribution in [0, 0.1) is 10.1 Å². The van der Waals surface area contributed by atoms with Gasteiger partial charge in [0.05, 0.1) is 4.92 Å². The number of nitro benzene ring substituents is 1. The minimum absolute atomic E-state index is 0.104. The maximum Gasteiger partial charge on any atom is 0.270 e. The number of non-ortho nitro benzene ring substituents is 1. The van der Waals surface area contributed by atoms with E-state index in [-0.39, 0.29) is 5.69 Å². The second-order valence-corrected chi connectivity index (χ2v) is 4.49. The molecule has 0 radical (unpaired) electrons. The number of halogens is 1. The molecule has 92 valence electrons. The number of nitrogens with one attached hydrogen (secondary N) is 1. The fourth-order valence-electron chi connectivity index (χ4n) is 1.39. The number of nitrogens with zero attached hydrogens (tertiary/aromatic N) is 1. The molecule has 0 saturated heterocycles. The third kappa shape index (κ3) is 4.66. The van der Waals surface area contributed by atoms with E-state index in [2.05, 4.69) is 27.8 Å². The van der Waals surface area contributed by atoms with Crippen molar-refractivity contribution in [1.29, 1.82) is 0 Å². The first-order valence-electron chi connectivity index (χ1n) is 5.39. The molecule has 0 aromatic heterocycles. The molecule has 1 N–H and O–H groups in total. The van der Waals surface area contributed by atoms with E-state index in [4.69, 9.17) is 0 Å². The second-order valence-electron chi connectivity index (χ2n) is 3.64. The van der Waals surface area contributed by atoms with Crippen molar-refractivity contribution in [3.05, 3.63) is 51.0 Å². The molecule has 0 heterocycles. The van der Waals surface area contributed by atoms with Crippen LogP contribution in [0.3, 0.4) is 0 Å². The van der Waals surface area contributed by atoms with Crippen molar-refractivity contribution in [3.8, 4) is 0 Å². The summed E-state index contributed by atoms with van der Waals surface area (Å²) in [5.41, 5.74) is 1.13. The molecule has 0 unspecified atom stereocenters. The summed E-state index contributed by atoms with van der Waals surface area (Å²) in [5.74, 6) is 0. The molecule has 0 aliphatic carbocycles. The quantitative estimate of drug-likeness (QED) is 0.363. The van der Waals surface area contributed by atoms with Crippen LogP contribution in [-0.4, -0.2) is 11.5 Å². The van der Waals surface area contributed by atoms with Gasteiger partial charge in [0.2, 0.25) is 0 Å². The molecule has 0 spiro atoms. The summed E-state index contributed by atoms with van der Waals surface area (Å²) < 4.78 is 0.767. The molecule has 0 amide bonds. The summed E-state index contributed by atoms with van der Waals surface area (Å²) in [6.07, 6.45) is 3.94. The molecular formula is C12H15BrN2O2. The number of hydrogen-bond donors (Lipinski definition) is 1. The molecule has 0 saturated carbocycles. The van der Waals surface area contributed by atoms with Gasteiger partial charge in [-0.15, -0.1) is 6.58 Å². The van der Waals surface area contributed by atoms with Crippen LogP contribution in [0.5, 0.6) is 0 Å². The van der Waals surface area contributed by atoms with Gasteiger partial charge in [0, 0.05) is 23.2 Å². The third-order valence-electron chi connectivity index (χ3n) is 2.32. The van der Waals surface area contributed by atoms with Crippen molar-refractivity contribution in [1.82, 2.24) is 5.32 Å². The monoisotopic (exact) mass is 298 g/mol. The first kappa shape index (κ1) is 13.9. The van der Waals surface area contributed by atoms with Crippen molar-refractivity contribution in [2.45, 2.75) is 19.4 Å². The third-order valence-corrected chi connectivity index (χ3v) is 3.06. The number of allylic oxidation sites excluding steroid dienone is 1. The molecule has 0 atom stereocenters. The minimum Gasteiger partial charge on any atom is -0.313 e. The van der Waals surface area contributed by atoms with Crippen LogP contribution >= 0.6 is 15.9 Å². The Kier molecular flexibility index (Phi) is 5.86. The van der Waals surface area contributed by atoms with Crippen molar-refractivity contribution < 1.29 is 4.92 Å². The lowest BCUT2D eigenvalue weighted by molar-refractivity contribution is -0.384. The van der Waals surface area contributed by atoms with Crippen LogP contribution in [0.4, 0.5) is 5.69 Å². The van der Waals surface area contributed by atoms with E-state index in [1.807, 2.05) is 6.08 Å². The molecule has 17 heavy (non-hydrogen) atoms. The van der Waals surface area contributed by atoms with Gasteiger partial charge in [-0.2, -0.15) is 0 Å². The SMILES string of the molecule is C=CCCCNCc1ccc([N+](=O)[O-])cc1Br. The maximum atomic E-state index is 10.6. The van der Waals surface area contributed by atoms with Gasteiger partial charge in [0.1, 0.15) is 0 Å². The highest BCUT2D eigenvalue weighted by Gasteiger charge is 2.08. The van der Waals surface area contributed by atoms with Crippen LogP contribution in [-0.2, 0) is 6.54 Å². The number of unbranched alkanes of at least 4 members (excludes halogenated alkanes) is 1. The molecule has 1 rings (SSSR count). The average Bonchev–Trinajstić information content (AvgIpc) is 2.30. The number of rotatable bonds is 7. The lowest BCUT2D eigenvalue weighted by Gasteiger charge is -2.06. The molecule has 5 heteroatoms. The number of hydrogen-bond acceptors (Lipinski definition) is 3. The Labute approximate surface area is 109 Å². The van der Waals surface area contributed by atoms with E-state index in [0.29, 0.717) is 6.54 Å². The van der Waals surface area contributed by atoms with Gasteiger partial charge in [0.15, 0.2) is 0 Å². The van der Waals surface area contributed by atoms with Gasteiger partial charge >= 0.3 is 0 Å². The molecule has 0 aliphatic heterocycles. The minimum atomic E-state index is -0.397. The maximum absolute atomic E-state index is 10.6. The lowest BCUT2D eigenvalue weighted by atomic mass is 10.2. The molecule has 0 bridgehead atoms. The van der Waals surface area contributed by atoms with Gasteiger partial charge < -0.3 is 5.32 Å². The molecule has 0 aliphatic rings. The summed E-state index contributed by atoms with van der Waals surface area (Å²) in [5, 5.41) is 13.8. The van der Waals surface area contributed by atoms with E-state index in [1.54, 1.807) is 6.07 Å². The second kappa shape index (κ2) is 7.19. The Hall–Kier alpha value is -1.20. The van der Waals surface area contributed by atoms with Crippen LogP contribution < -0.4 is 5.32 Å². The molecule has 1 aromatic rings. The van der Waals surface area contributed by atoms with E-state index >= 15 is 0 Å². The first-order valence-corrected chi connectivity index (χ1v) is 6.19. The van der Waals surface area contributed by atoms with Gasteiger partial charge in [-0.05, 0) is 31.0 Å². The summed E-state index contributed by atoms with van der Waals surface area (Å²) in [6.45, 7) is 5.27. The fourth-order valence-corrected chi connectivity index (χ4v) is 1.89. The van der Waals surface area contributed by atoms with Gasteiger partial charge in [-0.3, -0.25) is 10.1 Å². The van der Waals surface area contributed by atoms with Crippen LogP contribution in [0.1, 0.15) is 18.4 Å². The lowest BCUT2D eigenvalue weighted by Crippen LogP contribution is -2.14. The molecule has 4 nitrogen and oxygen atoms in total. The summed E-state index contributed by atoms with van der Waals surface area (Å²) in [4.78, 5) is 10.2. The van der Waals surface area contributed by atoms with Crippen molar-refractivity contribution >= 4 is 21.6 Å². The Bertz CT molecular complexity index is 407. The average molecular weight is 299 g/mol. The Morgan fingerprint density at radius 3 is 2.88 bits per heavy atom. The number of benzene rings is 1. The highest BCUT2D eigenvalue weighted by molar-refractivity contribution is 9.10. The normalized spacial score (nSPS) is 10.2. The molecule has 1 aromatic carbocycles. The molecular weight excluding hydrogens is 284 g/mol. The zero-order valence-electron chi connectivity index (χ0n) is 9.49. The Balaban J connectivity index is 2.49. The van der Waals surface area contributed by atoms with Gasteiger partial charge in [-0.25, -0.2) is 0 Å². The van der Waals surface area contributed by atoms with E-state index < -0.39 is 4.92 Å². The van der Waals surface area contributed by atoms with Crippen LogP contribution in [0.15, 0.2) is 35.3 Å². The zero-order valence-corrected chi connectivity index (χ0v) is 11.1. The largest absolute Gasteiger partial charge is 0.313 e. The smallest absolute Gasteiger partial charge is 0.270 e. The van der Waals surface area contributed by atoms with Gasteiger partial charge in [-0.1, -0.05) is 22.0 Å². The fraction of sp³-hybridized carbons (Fsp3) is 0.333. The highest BCUT2D eigenvalue weighted by atomic mass is 79.9. The number of nitro groups is 1. The van der Waals surface area contributed by atoms with Crippen molar-refractivity contribution in [2.24, 2.45) is 0 Å². The zero-order chi connectivity index (χ0) is 12.7. The van der Waals surface area contributed by atoms with Crippen molar-refractivity contribution in [3.63, 3.8) is 0 Å². The standard InChI is InChI=1S/C12H15BrN2O2/c1-2-3-4-7-14-9-10-5-6-11(15(16)17)8-12(10)13/h2,5-6,8,14H,1,3-4,7,9H2. The van der Waals surface area contributed by atoms with Crippen LogP contribution in [0.2, 0.25) is 0 Å². The summed E-state index contributed by atoms with van der Waals surface area (Å²) in [6, 6.07) is 4.81. The first-order chi connectivity index (χ1) is 8.15.